The maximum atomic E-state index is 11.7. The Kier molecular flexibility index (Phi) is 4.41. The highest BCUT2D eigenvalue weighted by atomic mass is 16.6. The lowest BCUT2D eigenvalue weighted by Crippen LogP contribution is -2.25. The summed E-state index contributed by atoms with van der Waals surface area (Å²) in [6.07, 6.45) is 0. The van der Waals surface area contributed by atoms with Crippen LogP contribution in [0.4, 0.5) is 11.4 Å². The molecule has 0 amide bonds. The van der Waals surface area contributed by atoms with E-state index in [9.17, 15) is 14.8 Å². The fourth-order valence-corrected chi connectivity index (χ4v) is 1.88. The normalized spacial score (nSPS) is 11.0. The van der Waals surface area contributed by atoms with Crippen LogP contribution in [0.3, 0.4) is 0 Å². The lowest BCUT2D eigenvalue weighted by atomic mass is 10.1. The molecule has 0 radical (unpaired) electrons. The van der Waals surface area contributed by atoms with Crippen molar-refractivity contribution in [3.8, 4) is 0 Å². The molecule has 0 saturated heterocycles. The molecule has 0 atom stereocenters. The van der Waals surface area contributed by atoms with E-state index in [1.54, 1.807) is 0 Å². The third-order valence-corrected chi connectivity index (χ3v) is 2.97. The molecule has 2 rings (SSSR count). The van der Waals surface area contributed by atoms with Gasteiger partial charge >= 0.3 is 11.9 Å². The van der Waals surface area contributed by atoms with E-state index in [2.05, 4.69) is 5.28 Å². The van der Waals surface area contributed by atoms with Crippen molar-refractivity contribution in [2.24, 2.45) is 5.28 Å². The van der Waals surface area contributed by atoms with Gasteiger partial charge in [0.05, 0.1) is 16.1 Å². The molecule has 0 aliphatic carbocycles. The second-order valence-corrected chi connectivity index (χ2v) is 4.36. The van der Waals surface area contributed by atoms with Crippen molar-refractivity contribution < 1.29 is 30.0 Å². The molecule has 9 heteroatoms. The van der Waals surface area contributed by atoms with Crippen LogP contribution < -0.4 is 5.01 Å². The number of benzene rings is 2. The van der Waals surface area contributed by atoms with Crippen molar-refractivity contribution in [3.05, 3.63) is 64.9 Å². The summed E-state index contributed by atoms with van der Waals surface area (Å²) in [5.74, 6) is -2.25. The van der Waals surface area contributed by atoms with E-state index in [0.717, 1.165) is 5.01 Å². The van der Waals surface area contributed by atoms with E-state index in [1.807, 2.05) is 0 Å². The molecule has 0 bridgehead atoms. The summed E-state index contributed by atoms with van der Waals surface area (Å²) in [6, 6.07) is 10.5. The van der Waals surface area contributed by atoms with E-state index < -0.39 is 11.9 Å². The van der Waals surface area contributed by atoms with Crippen LogP contribution in [0.25, 0.3) is 0 Å². The number of anilines is 2. The number of nitrogens with zero attached hydrogens (tertiary/aromatic N) is 3. The van der Waals surface area contributed by atoms with E-state index in [1.165, 1.54) is 48.5 Å². The van der Waals surface area contributed by atoms with Crippen LogP contribution in [0.2, 0.25) is 0 Å². The minimum atomic E-state index is -1.13. The number of hydrazine groups is 1. The zero-order valence-corrected chi connectivity index (χ0v) is 11.5. The maximum Gasteiger partial charge on any atom is 0.335 e. The summed E-state index contributed by atoms with van der Waals surface area (Å²) in [7, 11) is 0. The van der Waals surface area contributed by atoms with Gasteiger partial charge in [-0.2, -0.15) is 0 Å². The first-order valence-corrected chi connectivity index (χ1v) is 6.23. The van der Waals surface area contributed by atoms with Gasteiger partial charge in [0.2, 0.25) is 5.28 Å². The van der Waals surface area contributed by atoms with Crippen LogP contribution in [0.1, 0.15) is 20.7 Å². The SMILES string of the molecule is O=C(O)c1ccc(N(c2ccc(C(=O)O)cc2)/[N+]([O-])=N/O)cc1. The molecule has 9 nitrogen and oxygen atoms in total. The van der Waals surface area contributed by atoms with Crippen LogP contribution in [0.15, 0.2) is 53.8 Å². The Hall–Kier alpha value is -3.62. The standard InChI is InChI=1S/C14H11N3O6/c18-13(19)9-1-5-11(6-2-9)16(17(23)15-22)12-7-3-10(4-8-12)14(20)21/h1-8,22H,(H,18,19)(H,20,21)/b17-15-. The van der Waals surface area contributed by atoms with Gasteiger partial charge < -0.3 is 20.6 Å². The summed E-state index contributed by atoms with van der Waals surface area (Å²) in [4.78, 5) is 21.6. The predicted molar refractivity (Wildman–Crippen MR) is 76.8 cm³/mol. The average molecular weight is 317 g/mol. The van der Waals surface area contributed by atoms with Crippen molar-refractivity contribution in [1.29, 1.82) is 0 Å². The molecule has 0 unspecified atom stereocenters. The topological polar surface area (TPSA) is 136 Å². The highest BCUT2D eigenvalue weighted by molar-refractivity contribution is 5.89. The van der Waals surface area contributed by atoms with Crippen LogP contribution in [-0.2, 0) is 0 Å². The Morgan fingerprint density at radius 1 is 0.870 bits per heavy atom. The van der Waals surface area contributed by atoms with Gasteiger partial charge in [0.15, 0.2) is 0 Å². The largest absolute Gasteiger partial charge is 0.568 e. The average Bonchev–Trinajstić information content (AvgIpc) is 2.55. The molecule has 23 heavy (non-hydrogen) atoms. The van der Waals surface area contributed by atoms with Crippen molar-refractivity contribution in [3.63, 3.8) is 0 Å². The molecule has 0 fully saturated rings. The fourth-order valence-electron chi connectivity index (χ4n) is 1.88. The molecule has 0 aliphatic rings. The van der Waals surface area contributed by atoms with E-state index in [4.69, 9.17) is 15.4 Å². The number of carboxylic acids is 2. The summed E-state index contributed by atoms with van der Waals surface area (Å²) in [5.41, 5.74) is 0.498. The van der Waals surface area contributed by atoms with Gasteiger partial charge in [-0.25, -0.2) is 9.59 Å². The lowest BCUT2D eigenvalue weighted by Gasteiger charge is -2.17. The highest BCUT2D eigenvalue weighted by Crippen LogP contribution is 2.26. The summed E-state index contributed by atoms with van der Waals surface area (Å²) in [5, 5.41) is 41.7. The fraction of sp³-hybridized carbons (Fsp3) is 0. The van der Waals surface area contributed by atoms with Gasteiger partial charge in [-0.3, -0.25) is 0 Å². The molecule has 2 aromatic carbocycles. The number of rotatable bonds is 5. The van der Waals surface area contributed by atoms with Gasteiger partial charge in [-0.15, -0.1) is 0 Å². The smallest absolute Gasteiger partial charge is 0.335 e. The van der Waals surface area contributed by atoms with Crippen molar-refractivity contribution in [1.82, 2.24) is 0 Å². The maximum absolute atomic E-state index is 11.7. The van der Waals surface area contributed by atoms with Crippen LogP contribution >= 0.6 is 0 Å². The second-order valence-electron chi connectivity index (χ2n) is 4.36. The zero-order valence-electron chi connectivity index (χ0n) is 11.5. The summed E-state index contributed by atoms with van der Waals surface area (Å²) in [6.45, 7) is 0. The molecule has 2 aromatic rings. The molecule has 0 spiro atoms. The van der Waals surface area contributed by atoms with Crippen LogP contribution in [0.5, 0.6) is 0 Å². The van der Waals surface area contributed by atoms with Crippen molar-refractivity contribution in [2.75, 3.05) is 5.01 Å². The van der Waals surface area contributed by atoms with Crippen LogP contribution in [-0.4, -0.2) is 32.3 Å². The number of hydrogen-bond donors (Lipinski definition) is 3. The molecule has 0 heterocycles. The van der Waals surface area contributed by atoms with Gasteiger partial charge in [-0.1, -0.05) is 5.01 Å². The second kappa shape index (κ2) is 6.43. The van der Waals surface area contributed by atoms with E-state index in [0.29, 0.717) is 0 Å². The Balaban J connectivity index is 2.45. The zero-order chi connectivity index (χ0) is 17.0. The van der Waals surface area contributed by atoms with Crippen molar-refractivity contribution in [2.45, 2.75) is 0 Å². The third-order valence-electron chi connectivity index (χ3n) is 2.97. The van der Waals surface area contributed by atoms with Crippen LogP contribution in [0, 0.1) is 5.21 Å². The Labute approximate surface area is 129 Å². The van der Waals surface area contributed by atoms with Gasteiger partial charge in [-0.05, 0) is 48.5 Å². The Bertz CT molecular complexity index is 698. The number of carbonyl (C=O) groups is 2. The minimum absolute atomic E-state index is 0.0216. The Morgan fingerprint density at radius 3 is 1.48 bits per heavy atom. The molecule has 0 saturated carbocycles. The first-order valence-electron chi connectivity index (χ1n) is 6.23. The number of carboxylic acid groups (broad SMARTS) is 2. The van der Waals surface area contributed by atoms with Gasteiger partial charge in [0.1, 0.15) is 11.4 Å². The lowest BCUT2D eigenvalue weighted by molar-refractivity contribution is -0.558. The minimum Gasteiger partial charge on any atom is -0.568 e. The molecular formula is C14H11N3O6. The number of hydrogen-bond acceptors (Lipinski definition) is 4. The van der Waals surface area contributed by atoms with Crippen molar-refractivity contribution >= 4 is 23.3 Å². The highest BCUT2D eigenvalue weighted by Gasteiger charge is 2.20. The first-order chi connectivity index (χ1) is 10.9. The third kappa shape index (κ3) is 3.35. The molecule has 118 valence electrons. The summed E-state index contributed by atoms with van der Waals surface area (Å²) < 4.78 is 0. The molecular weight excluding hydrogens is 306 g/mol. The predicted octanol–water partition coefficient (Wildman–Crippen LogP) is 2.49. The Morgan fingerprint density at radius 2 is 1.22 bits per heavy atom. The monoisotopic (exact) mass is 317 g/mol. The first kappa shape index (κ1) is 15.8. The summed E-state index contributed by atoms with van der Waals surface area (Å²) >= 11 is 0. The molecule has 3 N–H and O–H groups in total. The van der Waals surface area contributed by atoms with E-state index in [-0.39, 0.29) is 27.5 Å². The van der Waals surface area contributed by atoms with E-state index >= 15 is 0 Å². The number of aromatic carboxylic acids is 2. The molecule has 0 aliphatic heterocycles. The van der Waals surface area contributed by atoms with Gasteiger partial charge in [0.25, 0.3) is 0 Å². The molecule has 0 aromatic heterocycles. The quantitative estimate of drug-likeness (QED) is 0.437. The van der Waals surface area contributed by atoms with Gasteiger partial charge in [0, 0.05) is 0 Å².